The Bertz CT molecular complexity index is 418. The van der Waals surface area contributed by atoms with Crippen LogP contribution in [0.4, 0.5) is 5.13 Å². The highest BCUT2D eigenvalue weighted by atomic mass is 32.2. The van der Waals surface area contributed by atoms with Gasteiger partial charge in [-0.25, -0.2) is 4.98 Å². The maximum atomic E-state index is 4.93. The number of thiazole rings is 1. The largest absolute Gasteiger partial charge is 0.346 e. The molecule has 0 spiro atoms. The van der Waals surface area contributed by atoms with Crippen molar-refractivity contribution in [3.8, 4) is 0 Å². The van der Waals surface area contributed by atoms with Gasteiger partial charge in [-0.2, -0.15) is 11.8 Å². The summed E-state index contributed by atoms with van der Waals surface area (Å²) < 4.78 is 0. The van der Waals surface area contributed by atoms with Crippen molar-refractivity contribution in [2.75, 3.05) is 30.8 Å². The van der Waals surface area contributed by atoms with Crippen molar-refractivity contribution in [1.29, 1.82) is 0 Å². The topological polar surface area (TPSA) is 28.2 Å². The molecule has 3 rings (SSSR count). The van der Waals surface area contributed by atoms with E-state index in [2.05, 4.69) is 35.9 Å². The van der Waals surface area contributed by atoms with Gasteiger partial charge in [-0.1, -0.05) is 6.92 Å². The smallest absolute Gasteiger partial charge is 0.185 e. The second-order valence-electron chi connectivity index (χ2n) is 5.17. The molecule has 18 heavy (non-hydrogen) atoms. The molecule has 1 fully saturated rings. The number of hydrogen-bond acceptors (Lipinski definition) is 5. The van der Waals surface area contributed by atoms with Crippen molar-refractivity contribution in [2.45, 2.75) is 37.5 Å². The lowest BCUT2D eigenvalue weighted by molar-refractivity contribution is 0.489. The highest BCUT2D eigenvalue weighted by molar-refractivity contribution is 8.00. The summed E-state index contributed by atoms with van der Waals surface area (Å²) in [6.07, 6.45) is 3.76. The van der Waals surface area contributed by atoms with Gasteiger partial charge in [0.15, 0.2) is 5.13 Å². The van der Waals surface area contributed by atoms with Gasteiger partial charge in [-0.05, 0) is 26.3 Å². The highest BCUT2D eigenvalue weighted by Crippen LogP contribution is 2.37. The van der Waals surface area contributed by atoms with Gasteiger partial charge in [0.1, 0.15) is 0 Å². The van der Waals surface area contributed by atoms with Gasteiger partial charge in [0, 0.05) is 29.0 Å². The third kappa shape index (κ3) is 2.40. The summed E-state index contributed by atoms with van der Waals surface area (Å²) in [5, 5.41) is 5.40. The van der Waals surface area contributed by atoms with E-state index in [0.29, 0.717) is 6.04 Å². The maximum absolute atomic E-state index is 4.93. The van der Waals surface area contributed by atoms with Crippen LogP contribution in [-0.2, 0) is 6.42 Å². The first-order valence-corrected chi connectivity index (χ1v) is 8.68. The maximum Gasteiger partial charge on any atom is 0.185 e. The Morgan fingerprint density at radius 3 is 3.11 bits per heavy atom. The van der Waals surface area contributed by atoms with E-state index >= 15 is 0 Å². The van der Waals surface area contributed by atoms with E-state index in [1.54, 1.807) is 0 Å². The van der Waals surface area contributed by atoms with Crippen LogP contribution in [-0.4, -0.2) is 36.1 Å². The summed E-state index contributed by atoms with van der Waals surface area (Å²) in [4.78, 5) is 8.93. The zero-order valence-corrected chi connectivity index (χ0v) is 12.7. The lowest BCUT2D eigenvalue weighted by atomic mass is 9.98. The number of fused-ring (bicyclic) bond motifs is 1. The monoisotopic (exact) mass is 283 g/mol. The van der Waals surface area contributed by atoms with Gasteiger partial charge in [0.2, 0.25) is 0 Å². The van der Waals surface area contributed by atoms with Gasteiger partial charge >= 0.3 is 0 Å². The van der Waals surface area contributed by atoms with Gasteiger partial charge in [0.25, 0.3) is 0 Å². The first-order valence-electron chi connectivity index (χ1n) is 6.81. The number of hydrogen-bond donors (Lipinski definition) is 1. The molecule has 1 aromatic rings. The molecule has 0 radical (unpaired) electrons. The average Bonchev–Trinajstić information content (AvgIpc) is 2.82. The number of rotatable bonds is 2. The van der Waals surface area contributed by atoms with Gasteiger partial charge in [-0.15, -0.1) is 11.3 Å². The van der Waals surface area contributed by atoms with Crippen LogP contribution < -0.4 is 10.2 Å². The predicted molar refractivity (Wildman–Crippen MR) is 81.0 cm³/mol. The fourth-order valence-corrected chi connectivity index (χ4v) is 5.03. The molecule has 1 N–H and O–H groups in total. The lowest BCUT2D eigenvalue weighted by Gasteiger charge is -2.30. The predicted octanol–water partition coefficient (Wildman–Crippen LogP) is 2.68. The Kier molecular flexibility index (Phi) is 3.82. The number of thioether (sulfide) groups is 1. The summed E-state index contributed by atoms with van der Waals surface area (Å²) in [5.74, 6) is 1.24. The molecule has 1 aromatic heterocycles. The van der Waals surface area contributed by atoms with Crippen molar-refractivity contribution < 1.29 is 0 Å². The second-order valence-corrected chi connectivity index (χ2v) is 7.77. The van der Waals surface area contributed by atoms with Gasteiger partial charge in [-0.3, -0.25) is 0 Å². The van der Waals surface area contributed by atoms with Crippen molar-refractivity contribution in [1.82, 2.24) is 10.3 Å². The molecular formula is C13H21N3S2. The van der Waals surface area contributed by atoms with Crippen LogP contribution in [0.25, 0.3) is 0 Å². The minimum atomic E-state index is 0.482. The Balaban J connectivity index is 1.83. The molecule has 0 bridgehead atoms. The highest BCUT2D eigenvalue weighted by Gasteiger charge is 2.26. The summed E-state index contributed by atoms with van der Waals surface area (Å²) in [7, 11) is 2.05. The number of nitrogens with zero attached hydrogens (tertiary/aromatic N) is 2. The number of nitrogens with one attached hydrogen (secondary N) is 1. The molecule has 1 saturated heterocycles. The summed E-state index contributed by atoms with van der Waals surface area (Å²) in [6.45, 7) is 4.63. The van der Waals surface area contributed by atoms with Crippen LogP contribution in [0, 0.1) is 0 Å². The van der Waals surface area contributed by atoms with E-state index in [1.807, 2.05) is 11.3 Å². The Morgan fingerprint density at radius 2 is 2.33 bits per heavy atom. The molecule has 2 aliphatic rings. The Hall–Kier alpha value is -0.260. The number of aryl methyl sites for hydroxylation is 1. The van der Waals surface area contributed by atoms with Crippen LogP contribution in [0.3, 0.4) is 0 Å². The average molecular weight is 283 g/mol. The summed E-state index contributed by atoms with van der Waals surface area (Å²) in [5.41, 5.74) is 1.33. The van der Waals surface area contributed by atoms with E-state index in [1.165, 1.54) is 40.7 Å². The van der Waals surface area contributed by atoms with Gasteiger partial charge in [0.05, 0.1) is 11.7 Å². The van der Waals surface area contributed by atoms with Crippen molar-refractivity contribution >= 4 is 28.2 Å². The molecule has 0 aromatic carbocycles. The van der Waals surface area contributed by atoms with Crippen molar-refractivity contribution in [3.05, 3.63) is 10.6 Å². The van der Waals surface area contributed by atoms with E-state index in [-0.39, 0.29) is 0 Å². The SMILES string of the molecule is CNC1CCCc2sc(N3CCSC(C)C3)nc21. The lowest BCUT2D eigenvalue weighted by Crippen LogP contribution is -2.36. The van der Waals surface area contributed by atoms with E-state index in [4.69, 9.17) is 4.98 Å². The van der Waals surface area contributed by atoms with Crippen molar-refractivity contribution in [3.63, 3.8) is 0 Å². The third-order valence-electron chi connectivity index (χ3n) is 3.80. The van der Waals surface area contributed by atoms with Crippen LogP contribution in [0.5, 0.6) is 0 Å². The zero-order valence-electron chi connectivity index (χ0n) is 11.1. The molecule has 1 aliphatic heterocycles. The normalized spacial score (nSPS) is 28.2. The Morgan fingerprint density at radius 1 is 1.44 bits per heavy atom. The second kappa shape index (κ2) is 5.39. The van der Waals surface area contributed by atoms with Gasteiger partial charge < -0.3 is 10.2 Å². The molecule has 2 atom stereocenters. The van der Waals surface area contributed by atoms with Crippen LogP contribution in [0.1, 0.15) is 36.4 Å². The van der Waals surface area contributed by atoms with Crippen LogP contribution in [0.15, 0.2) is 0 Å². The molecule has 5 heteroatoms. The molecule has 3 nitrogen and oxygen atoms in total. The summed E-state index contributed by atoms with van der Waals surface area (Å²) >= 11 is 4.01. The first kappa shape index (κ1) is 12.8. The van der Waals surface area contributed by atoms with Crippen LogP contribution in [0.2, 0.25) is 0 Å². The molecular weight excluding hydrogens is 262 g/mol. The first-order chi connectivity index (χ1) is 8.78. The fraction of sp³-hybridized carbons (Fsp3) is 0.769. The minimum Gasteiger partial charge on any atom is -0.346 e. The summed E-state index contributed by atoms with van der Waals surface area (Å²) in [6, 6.07) is 0.482. The zero-order chi connectivity index (χ0) is 12.5. The van der Waals surface area contributed by atoms with E-state index < -0.39 is 0 Å². The van der Waals surface area contributed by atoms with Crippen LogP contribution >= 0.6 is 23.1 Å². The molecule has 2 heterocycles. The quantitative estimate of drug-likeness (QED) is 0.903. The molecule has 1 aliphatic carbocycles. The minimum absolute atomic E-state index is 0.482. The molecule has 0 amide bonds. The van der Waals surface area contributed by atoms with E-state index in [0.717, 1.165) is 18.3 Å². The number of anilines is 1. The molecule has 2 unspecified atom stereocenters. The Labute approximate surface area is 117 Å². The van der Waals surface area contributed by atoms with E-state index in [9.17, 15) is 0 Å². The van der Waals surface area contributed by atoms with Crippen molar-refractivity contribution in [2.24, 2.45) is 0 Å². The standard InChI is InChI=1S/C13H21N3S2/c1-9-8-16(6-7-17-9)13-15-12-10(14-2)4-3-5-11(12)18-13/h9-10,14H,3-8H2,1-2H3. The fourth-order valence-electron chi connectivity index (χ4n) is 2.81. The number of aromatic nitrogens is 1. The molecule has 100 valence electrons. The third-order valence-corrected chi connectivity index (χ3v) is 6.13. The molecule has 0 saturated carbocycles.